The molecular weight excluding hydrogens is 248 g/mol. The number of hydrogen-bond acceptors (Lipinski definition) is 3. The summed E-state index contributed by atoms with van der Waals surface area (Å²) in [4.78, 5) is 0.146. The predicted octanol–water partition coefficient (Wildman–Crippen LogP) is 2.27. The Hall–Kier alpha value is -1.38. The Morgan fingerprint density at radius 1 is 1.33 bits per heavy atom. The van der Waals surface area contributed by atoms with Crippen LogP contribution in [-0.4, -0.2) is 15.0 Å². The van der Waals surface area contributed by atoms with Crippen molar-refractivity contribution in [1.29, 1.82) is 5.26 Å². The first-order chi connectivity index (χ1) is 8.53. The van der Waals surface area contributed by atoms with Crippen molar-refractivity contribution in [1.82, 2.24) is 4.72 Å². The van der Waals surface area contributed by atoms with Crippen LogP contribution in [0.5, 0.6) is 0 Å². The molecule has 0 fully saturated rings. The topological polar surface area (TPSA) is 70.0 Å². The molecule has 0 unspecified atom stereocenters. The standard InChI is InChI=1S/C13H18N2O2S/c1-3-11(4-2)10-15-18(16,17)13-7-5-6-12(8-13)9-14/h5-8,11,15H,3-4,10H2,1-2H3. The molecule has 0 aliphatic carbocycles. The minimum Gasteiger partial charge on any atom is -0.211 e. The molecule has 0 atom stereocenters. The second-order valence-electron chi connectivity index (χ2n) is 4.17. The van der Waals surface area contributed by atoms with Crippen molar-refractivity contribution in [3.05, 3.63) is 29.8 Å². The number of rotatable bonds is 6. The van der Waals surface area contributed by atoms with Gasteiger partial charge in [0.05, 0.1) is 16.5 Å². The van der Waals surface area contributed by atoms with Crippen LogP contribution in [0.4, 0.5) is 0 Å². The van der Waals surface area contributed by atoms with E-state index in [1.165, 1.54) is 12.1 Å². The van der Waals surface area contributed by atoms with E-state index in [2.05, 4.69) is 4.72 Å². The van der Waals surface area contributed by atoms with E-state index in [1.807, 2.05) is 19.9 Å². The summed E-state index contributed by atoms with van der Waals surface area (Å²) in [6, 6.07) is 7.97. The van der Waals surface area contributed by atoms with Crippen LogP contribution in [0.2, 0.25) is 0 Å². The molecule has 0 bridgehead atoms. The van der Waals surface area contributed by atoms with Crippen molar-refractivity contribution in [2.75, 3.05) is 6.54 Å². The summed E-state index contributed by atoms with van der Waals surface area (Å²) in [5.41, 5.74) is 0.348. The lowest BCUT2D eigenvalue weighted by Crippen LogP contribution is -2.29. The lowest BCUT2D eigenvalue weighted by molar-refractivity contribution is 0.479. The van der Waals surface area contributed by atoms with Gasteiger partial charge in [-0.3, -0.25) is 0 Å². The predicted molar refractivity (Wildman–Crippen MR) is 70.4 cm³/mol. The Kier molecular flexibility index (Phi) is 5.32. The number of nitrogens with one attached hydrogen (secondary N) is 1. The van der Waals surface area contributed by atoms with Gasteiger partial charge in [-0.25, -0.2) is 13.1 Å². The molecule has 1 aromatic carbocycles. The van der Waals surface area contributed by atoms with Crippen molar-refractivity contribution in [2.24, 2.45) is 5.92 Å². The Balaban J connectivity index is 2.83. The third-order valence-electron chi connectivity index (χ3n) is 2.99. The second-order valence-corrected chi connectivity index (χ2v) is 5.94. The van der Waals surface area contributed by atoms with Crippen LogP contribution < -0.4 is 4.72 Å². The largest absolute Gasteiger partial charge is 0.240 e. The van der Waals surface area contributed by atoms with E-state index in [1.54, 1.807) is 12.1 Å². The summed E-state index contributed by atoms with van der Waals surface area (Å²) in [6.45, 7) is 4.52. The van der Waals surface area contributed by atoms with E-state index >= 15 is 0 Å². The molecule has 0 saturated heterocycles. The molecule has 5 heteroatoms. The smallest absolute Gasteiger partial charge is 0.211 e. The third-order valence-corrected chi connectivity index (χ3v) is 4.41. The zero-order valence-corrected chi connectivity index (χ0v) is 11.5. The molecule has 98 valence electrons. The van der Waals surface area contributed by atoms with E-state index in [0.29, 0.717) is 18.0 Å². The van der Waals surface area contributed by atoms with Gasteiger partial charge in [0.25, 0.3) is 0 Å². The molecule has 0 amide bonds. The molecule has 18 heavy (non-hydrogen) atoms. The molecule has 0 aromatic heterocycles. The summed E-state index contributed by atoms with van der Waals surface area (Å²) in [7, 11) is -3.51. The van der Waals surface area contributed by atoms with Crippen LogP contribution >= 0.6 is 0 Å². The quantitative estimate of drug-likeness (QED) is 0.858. The van der Waals surface area contributed by atoms with E-state index in [0.717, 1.165) is 12.8 Å². The molecule has 0 radical (unpaired) electrons. The average Bonchev–Trinajstić information content (AvgIpc) is 2.40. The average molecular weight is 266 g/mol. The van der Waals surface area contributed by atoms with Crippen LogP contribution in [0.25, 0.3) is 0 Å². The summed E-state index contributed by atoms with van der Waals surface area (Å²) >= 11 is 0. The van der Waals surface area contributed by atoms with Crippen molar-refractivity contribution in [2.45, 2.75) is 31.6 Å². The van der Waals surface area contributed by atoms with Gasteiger partial charge in [-0.1, -0.05) is 32.8 Å². The fourth-order valence-electron chi connectivity index (χ4n) is 1.62. The molecule has 0 saturated carbocycles. The molecule has 1 rings (SSSR count). The Labute approximate surface area is 109 Å². The summed E-state index contributed by atoms with van der Waals surface area (Å²) in [5, 5.41) is 8.76. The number of nitriles is 1. The van der Waals surface area contributed by atoms with Gasteiger partial charge in [-0.15, -0.1) is 0 Å². The van der Waals surface area contributed by atoms with Gasteiger partial charge in [0.15, 0.2) is 0 Å². The van der Waals surface area contributed by atoms with Crippen molar-refractivity contribution in [3.63, 3.8) is 0 Å². The normalized spacial score (nSPS) is 11.4. The maximum atomic E-state index is 12.0. The van der Waals surface area contributed by atoms with Gasteiger partial charge < -0.3 is 0 Å². The maximum Gasteiger partial charge on any atom is 0.240 e. The SMILES string of the molecule is CCC(CC)CNS(=O)(=O)c1cccc(C#N)c1. The highest BCUT2D eigenvalue weighted by atomic mass is 32.2. The van der Waals surface area contributed by atoms with Crippen LogP contribution in [0, 0.1) is 17.2 Å². The lowest BCUT2D eigenvalue weighted by atomic mass is 10.0. The Morgan fingerprint density at radius 3 is 2.56 bits per heavy atom. The molecule has 4 nitrogen and oxygen atoms in total. The van der Waals surface area contributed by atoms with Gasteiger partial charge in [-0.05, 0) is 24.1 Å². The van der Waals surface area contributed by atoms with Crippen LogP contribution in [0.3, 0.4) is 0 Å². The minimum absolute atomic E-state index is 0.146. The first-order valence-corrected chi connectivity index (χ1v) is 7.51. The summed E-state index contributed by atoms with van der Waals surface area (Å²) in [5.74, 6) is 0.346. The van der Waals surface area contributed by atoms with E-state index < -0.39 is 10.0 Å². The maximum absolute atomic E-state index is 12.0. The molecular formula is C13H18N2O2S. The molecule has 0 aliphatic heterocycles. The van der Waals surface area contributed by atoms with Gasteiger partial charge in [0, 0.05) is 6.54 Å². The summed E-state index contributed by atoms with van der Waals surface area (Å²) < 4.78 is 26.6. The molecule has 0 spiro atoms. The van der Waals surface area contributed by atoms with Crippen LogP contribution in [0.1, 0.15) is 32.3 Å². The molecule has 1 N–H and O–H groups in total. The zero-order chi connectivity index (χ0) is 13.6. The first-order valence-electron chi connectivity index (χ1n) is 6.03. The fraction of sp³-hybridized carbons (Fsp3) is 0.462. The van der Waals surface area contributed by atoms with Crippen LogP contribution in [-0.2, 0) is 10.0 Å². The number of nitrogens with zero attached hydrogens (tertiary/aromatic N) is 1. The second kappa shape index (κ2) is 6.53. The zero-order valence-electron chi connectivity index (χ0n) is 10.7. The number of sulfonamides is 1. The van der Waals surface area contributed by atoms with E-state index in [-0.39, 0.29) is 4.90 Å². The highest BCUT2D eigenvalue weighted by molar-refractivity contribution is 7.89. The minimum atomic E-state index is -3.51. The van der Waals surface area contributed by atoms with E-state index in [9.17, 15) is 8.42 Å². The highest BCUT2D eigenvalue weighted by Crippen LogP contribution is 2.12. The molecule has 0 heterocycles. The van der Waals surface area contributed by atoms with Gasteiger partial charge in [0.2, 0.25) is 10.0 Å². The lowest BCUT2D eigenvalue weighted by Gasteiger charge is -2.13. The molecule has 0 aliphatic rings. The highest BCUT2D eigenvalue weighted by Gasteiger charge is 2.15. The van der Waals surface area contributed by atoms with Gasteiger partial charge >= 0.3 is 0 Å². The van der Waals surface area contributed by atoms with Gasteiger partial charge in [0.1, 0.15) is 0 Å². The summed E-state index contributed by atoms with van der Waals surface area (Å²) in [6.07, 6.45) is 1.88. The van der Waals surface area contributed by atoms with Gasteiger partial charge in [-0.2, -0.15) is 5.26 Å². The monoisotopic (exact) mass is 266 g/mol. The van der Waals surface area contributed by atoms with Crippen LogP contribution in [0.15, 0.2) is 29.2 Å². The van der Waals surface area contributed by atoms with Crippen molar-refractivity contribution in [3.8, 4) is 6.07 Å². The number of hydrogen-bond donors (Lipinski definition) is 1. The fourth-order valence-corrected chi connectivity index (χ4v) is 2.78. The molecule has 1 aromatic rings. The van der Waals surface area contributed by atoms with Crippen molar-refractivity contribution < 1.29 is 8.42 Å². The third kappa shape index (κ3) is 3.83. The first kappa shape index (κ1) is 14.7. The van der Waals surface area contributed by atoms with E-state index in [4.69, 9.17) is 5.26 Å². The Morgan fingerprint density at radius 2 is 2.00 bits per heavy atom. The Bertz CT molecular complexity index is 528. The van der Waals surface area contributed by atoms with Crippen molar-refractivity contribution >= 4 is 10.0 Å². The number of benzene rings is 1.